The molecule has 0 aliphatic rings. The number of hydrogen-bond acceptors (Lipinski definition) is 2. The standard InChI is InChI=1S/C16H19NO2/c1-9-6-10(2)14-11(3)8-13(17-12(14)7-9)16(4,5)15(18)19/h6-8H,1-5H3,(H,18,19). The molecule has 3 heteroatoms. The van der Waals surface area contributed by atoms with Gasteiger partial charge in [0.25, 0.3) is 0 Å². The smallest absolute Gasteiger partial charge is 0.315 e. The minimum absolute atomic E-state index is 0.606. The van der Waals surface area contributed by atoms with Crippen LogP contribution in [0.3, 0.4) is 0 Å². The van der Waals surface area contributed by atoms with E-state index >= 15 is 0 Å². The molecule has 0 atom stereocenters. The van der Waals surface area contributed by atoms with Crippen LogP contribution in [0.2, 0.25) is 0 Å². The van der Waals surface area contributed by atoms with Gasteiger partial charge in [0.05, 0.1) is 11.2 Å². The zero-order chi connectivity index (χ0) is 14.4. The van der Waals surface area contributed by atoms with E-state index in [9.17, 15) is 9.90 Å². The highest BCUT2D eigenvalue weighted by molar-refractivity contribution is 5.88. The summed E-state index contributed by atoms with van der Waals surface area (Å²) in [7, 11) is 0. The minimum Gasteiger partial charge on any atom is -0.481 e. The summed E-state index contributed by atoms with van der Waals surface area (Å²) in [6, 6.07) is 6.02. The number of nitrogens with zero attached hydrogens (tertiary/aromatic N) is 1. The number of aliphatic carboxylic acids is 1. The molecule has 0 saturated heterocycles. The Hall–Kier alpha value is -1.90. The molecule has 1 N–H and O–H groups in total. The second-order valence-corrected chi connectivity index (χ2v) is 5.73. The molecule has 19 heavy (non-hydrogen) atoms. The minimum atomic E-state index is -0.976. The van der Waals surface area contributed by atoms with E-state index in [1.165, 1.54) is 5.56 Å². The Bertz CT molecular complexity index is 672. The SMILES string of the molecule is Cc1cc(C)c2c(C)cc(C(C)(C)C(=O)O)nc2c1. The maximum atomic E-state index is 11.4. The van der Waals surface area contributed by atoms with Gasteiger partial charge >= 0.3 is 5.97 Å². The van der Waals surface area contributed by atoms with E-state index in [0.29, 0.717) is 5.69 Å². The van der Waals surface area contributed by atoms with Crippen molar-refractivity contribution in [1.82, 2.24) is 4.98 Å². The number of carboxylic acids is 1. The van der Waals surface area contributed by atoms with Crippen LogP contribution in [-0.4, -0.2) is 16.1 Å². The predicted octanol–water partition coefficient (Wildman–Crippen LogP) is 3.52. The third-order valence-corrected chi connectivity index (χ3v) is 3.62. The van der Waals surface area contributed by atoms with Gasteiger partial charge in [0, 0.05) is 5.39 Å². The van der Waals surface area contributed by atoms with Gasteiger partial charge in [-0.2, -0.15) is 0 Å². The van der Waals surface area contributed by atoms with Crippen LogP contribution in [-0.2, 0) is 10.2 Å². The molecule has 0 aliphatic heterocycles. The molecule has 0 aliphatic carbocycles. The quantitative estimate of drug-likeness (QED) is 0.895. The first-order chi connectivity index (χ1) is 8.73. The van der Waals surface area contributed by atoms with Crippen molar-refractivity contribution in [2.24, 2.45) is 0 Å². The molecule has 0 radical (unpaired) electrons. The fraction of sp³-hybridized carbons (Fsp3) is 0.375. The fourth-order valence-corrected chi connectivity index (χ4v) is 2.42. The molecule has 2 aromatic rings. The molecule has 0 bridgehead atoms. The summed E-state index contributed by atoms with van der Waals surface area (Å²) in [4.78, 5) is 15.9. The summed E-state index contributed by atoms with van der Waals surface area (Å²) in [6.45, 7) is 9.47. The van der Waals surface area contributed by atoms with Crippen LogP contribution in [0.5, 0.6) is 0 Å². The average molecular weight is 257 g/mol. The number of rotatable bonds is 2. The fourth-order valence-electron chi connectivity index (χ4n) is 2.42. The molecule has 3 nitrogen and oxygen atoms in total. The van der Waals surface area contributed by atoms with E-state index in [1.807, 2.05) is 26.0 Å². The Morgan fingerprint density at radius 2 is 1.68 bits per heavy atom. The third-order valence-electron chi connectivity index (χ3n) is 3.62. The first-order valence-electron chi connectivity index (χ1n) is 6.36. The summed E-state index contributed by atoms with van der Waals surface area (Å²) in [5.74, 6) is -0.858. The molecular formula is C16H19NO2. The molecule has 1 aromatic carbocycles. The molecule has 0 amide bonds. The monoisotopic (exact) mass is 257 g/mol. The van der Waals surface area contributed by atoms with Crippen molar-refractivity contribution in [2.45, 2.75) is 40.0 Å². The summed E-state index contributed by atoms with van der Waals surface area (Å²) in [6.07, 6.45) is 0. The summed E-state index contributed by atoms with van der Waals surface area (Å²) >= 11 is 0. The maximum Gasteiger partial charge on any atom is 0.315 e. The Labute approximate surface area is 113 Å². The van der Waals surface area contributed by atoms with E-state index in [4.69, 9.17) is 0 Å². The maximum absolute atomic E-state index is 11.4. The number of hydrogen-bond donors (Lipinski definition) is 1. The molecule has 0 unspecified atom stereocenters. The van der Waals surface area contributed by atoms with Gasteiger partial charge in [0.15, 0.2) is 0 Å². The van der Waals surface area contributed by atoms with E-state index < -0.39 is 11.4 Å². The number of carbonyl (C=O) groups is 1. The molecule has 0 fully saturated rings. The number of fused-ring (bicyclic) bond motifs is 1. The topological polar surface area (TPSA) is 50.2 Å². The van der Waals surface area contributed by atoms with Gasteiger partial charge in [-0.05, 0) is 63.4 Å². The zero-order valence-corrected chi connectivity index (χ0v) is 12.0. The highest BCUT2D eigenvalue weighted by Crippen LogP contribution is 2.28. The lowest BCUT2D eigenvalue weighted by Gasteiger charge is -2.20. The van der Waals surface area contributed by atoms with E-state index in [1.54, 1.807) is 13.8 Å². The van der Waals surface area contributed by atoms with Crippen molar-refractivity contribution in [1.29, 1.82) is 0 Å². The largest absolute Gasteiger partial charge is 0.481 e. The molecular weight excluding hydrogens is 238 g/mol. The van der Waals surface area contributed by atoms with Crippen LogP contribution in [0, 0.1) is 20.8 Å². The molecule has 0 spiro atoms. The number of carboxylic acid groups (broad SMARTS) is 1. The molecule has 100 valence electrons. The Balaban J connectivity index is 2.79. The number of aromatic nitrogens is 1. The lowest BCUT2D eigenvalue weighted by Crippen LogP contribution is -2.29. The van der Waals surface area contributed by atoms with Crippen LogP contribution in [0.15, 0.2) is 18.2 Å². The Morgan fingerprint density at radius 3 is 2.26 bits per heavy atom. The van der Waals surface area contributed by atoms with Gasteiger partial charge in [-0.15, -0.1) is 0 Å². The normalized spacial score (nSPS) is 11.8. The number of aryl methyl sites for hydroxylation is 3. The summed E-state index contributed by atoms with van der Waals surface area (Å²) in [5.41, 5.74) is 3.90. The van der Waals surface area contributed by atoms with E-state index in [0.717, 1.165) is 22.0 Å². The van der Waals surface area contributed by atoms with Crippen LogP contribution < -0.4 is 0 Å². The Morgan fingerprint density at radius 1 is 1.11 bits per heavy atom. The second-order valence-electron chi connectivity index (χ2n) is 5.73. The van der Waals surface area contributed by atoms with Crippen molar-refractivity contribution in [3.8, 4) is 0 Å². The van der Waals surface area contributed by atoms with Crippen molar-refractivity contribution in [2.75, 3.05) is 0 Å². The van der Waals surface area contributed by atoms with Gasteiger partial charge in [-0.3, -0.25) is 9.78 Å². The van der Waals surface area contributed by atoms with Gasteiger partial charge in [0.1, 0.15) is 5.41 Å². The lowest BCUT2D eigenvalue weighted by molar-refractivity contribution is -0.142. The average Bonchev–Trinajstić information content (AvgIpc) is 2.26. The molecule has 1 heterocycles. The van der Waals surface area contributed by atoms with Crippen LogP contribution in [0.25, 0.3) is 10.9 Å². The van der Waals surface area contributed by atoms with Gasteiger partial charge in [0.2, 0.25) is 0 Å². The lowest BCUT2D eigenvalue weighted by atomic mass is 9.87. The zero-order valence-electron chi connectivity index (χ0n) is 12.0. The third kappa shape index (κ3) is 2.21. The molecule has 2 rings (SSSR count). The number of pyridine rings is 1. The summed E-state index contributed by atoms with van der Waals surface area (Å²) < 4.78 is 0. The molecule has 1 aromatic heterocycles. The van der Waals surface area contributed by atoms with Crippen LogP contribution in [0.4, 0.5) is 0 Å². The number of benzene rings is 1. The summed E-state index contributed by atoms with van der Waals surface area (Å²) in [5, 5.41) is 10.4. The van der Waals surface area contributed by atoms with Crippen molar-refractivity contribution >= 4 is 16.9 Å². The molecule has 0 saturated carbocycles. The second kappa shape index (κ2) is 4.34. The van der Waals surface area contributed by atoms with Crippen molar-refractivity contribution in [3.63, 3.8) is 0 Å². The van der Waals surface area contributed by atoms with Gasteiger partial charge < -0.3 is 5.11 Å². The van der Waals surface area contributed by atoms with Gasteiger partial charge in [-0.1, -0.05) is 6.07 Å². The first-order valence-corrected chi connectivity index (χ1v) is 6.36. The van der Waals surface area contributed by atoms with Crippen LogP contribution >= 0.6 is 0 Å². The predicted molar refractivity (Wildman–Crippen MR) is 76.6 cm³/mol. The van der Waals surface area contributed by atoms with E-state index in [-0.39, 0.29) is 0 Å². The van der Waals surface area contributed by atoms with Crippen molar-refractivity contribution < 1.29 is 9.90 Å². The van der Waals surface area contributed by atoms with E-state index in [2.05, 4.69) is 18.0 Å². The Kier molecular flexibility index (Phi) is 3.09. The highest BCUT2D eigenvalue weighted by atomic mass is 16.4. The van der Waals surface area contributed by atoms with Gasteiger partial charge in [-0.25, -0.2) is 0 Å². The first kappa shape index (κ1) is 13.5. The van der Waals surface area contributed by atoms with Crippen LogP contribution in [0.1, 0.15) is 36.2 Å². The highest BCUT2D eigenvalue weighted by Gasteiger charge is 2.31. The van der Waals surface area contributed by atoms with Crippen molar-refractivity contribution in [3.05, 3.63) is 40.6 Å².